The van der Waals surface area contributed by atoms with E-state index in [2.05, 4.69) is 0 Å². The van der Waals surface area contributed by atoms with Crippen molar-refractivity contribution in [3.63, 3.8) is 0 Å². The number of hydrogen-bond acceptors (Lipinski definition) is 6. The Hall–Kier alpha value is -0.530. The van der Waals surface area contributed by atoms with Crippen LogP contribution in [0.1, 0.15) is 27.7 Å². The lowest BCUT2D eigenvalue weighted by molar-refractivity contribution is -0.178. The van der Waals surface area contributed by atoms with Crippen LogP contribution in [0.15, 0.2) is 0 Å². The average Bonchev–Trinajstić information content (AvgIpc) is 2.77. The molecule has 0 aromatic heterocycles. The summed E-state index contributed by atoms with van der Waals surface area (Å²) in [6.07, 6.45) is -2.38. The zero-order valence-corrected chi connectivity index (χ0v) is 11.1. The summed E-state index contributed by atoms with van der Waals surface area (Å²) in [6, 6.07) is 0. The van der Waals surface area contributed by atoms with Crippen LogP contribution in [-0.4, -0.2) is 54.0 Å². The summed E-state index contributed by atoms with van der Waals surface area (Å²) in [5.74, 6) is -1.61. The number of hydrogen-bond donors (Lipinski definition) is 1. The normalized spacial score (nSPS) is 39.7. The van der Waals surface area contributed by atoms with E-state index in [1.54, 1.807) is 27.7 Å². The van der Waals surface area contributed by atoms with Gasteiger partial charge in [-0.15, -0.1) is 0 Å². The smallest absolute Gasteiger partial charge is 0.164 e. The number of aliphatic hydroxyl groups is 1. The Kier molecular flexibility index (Phi) is 3.50. The van der Waals surface area contributed by atoms with Crippen molar-refractivity contribution >= 4 is 6.29 Å². The molecule has 0 aromatic rings. The topological polar surface area (TPSA) is 74.2 Å². The molecule has 1 N–H and O–H groups in total. The van der Waals surface area contributed by atoms with Gasteiger partial charge in [-0.1, -0.05) is 0 Å². The van der Waals surface area contributed by atoms with Gasteiger partial charge in [-0.2, -0.15) is 0 Å². The van der Waals surface area contributed by atoms with Crippen molar-refractivity contribution in [2.24, 2.45) is 0 Å². The van der Waals surface area contributed by atoms with E-state index in [1.807, 2.05) is 0 Å². The fraction of sp³-hybridized carbons (Fsp3) is 0.917. The van der Waals surface area contributed by atoms with E-state index < -0.39 is 36.0 Å². The monoisotopic (exact) mass is 260 g/mol. The van der Waals surface area contributed by atoms with Crippen LogP contribution in [0.3, 0.4) is 0 Å². The Labute approximate surface area is 106 Å². The second-order valence-electron chi connectivity index (χ2n) is 5.56. The molecule has 0 aromatic carbocycles. The van der Waals surface area contributed by atoms with Gasteiger partial charge in [-0.25, -0.2) is 0 Å². The van der Waals surface area contributed by atoms with E-state index >= 15 is 0 Å². The maximum absolute atomic E-state index is 11.0. The second-order valence-corrected chi connectivity index (χ2v) is 5.56. The Morgan fingerprint density at radius 3 is 2.33 bits per heavy atom. The maximum atomic E-state index is 11.0. The highest BCUT2D eigenvalue weighted by atomic mass is 16.8. The molecule has 6 heteroatoms. The molecule has 0 spiro atoms. The van der Waals surface area contributed by atoms with Crippen LogP contribution < -0.4 is 0 Å². The highest BCUT2D eigenvalue weighted by Crippen LogP contribution is 2.33. The van der Waals surface area contributed by atoms with Crippen molar-refractivity contribution in [3.8, 4) is 0 Å². The van der Waals surface area contributed by atoms with E-state index in [9.17, 15) is 9.90 Å². The van der Waals surface area contributed by atoms with Crippen molar-refractivity contribution in [2.45, 2.75) is 63.7 Å². The van der Waals surface area contributed by atoms with E-state index in [0.29, 0.717) is 6.29 Å². The zero-order valence-electron chi connectivity index (χ0n) is 11.1. The Morgan fingerprint density at radius 2 is 1.83 bits per heavy atom. The summed E-state index contributed by atoms with van der Waals surface area (Å²) in [7, 11) is 0. The van der Waals surface area contributed by atoms with Crippen LogP contribution in [-0.2, 0) is 23.7 Å². The third-order valence-electron chi connectivity index (χ3n) is 3.05. The highest BCUT2D eigenvalue weighted by molar-refractivity contribution is 5.58. The summed E-state index contributed by atoms with van der Waals surface area (Å²) >= 11 is 0. The van der Waals surface area contributed by atoms with Gasteiger partial charge in [-0.05, 0) is 27.7 Å². The molecule has 4 atom stereocenters. The van der Waals surface area contributed by atoms with Crippen molar-refractivity contribution in [3.05, 3.63) is 0 Å². The maximum Gasteiger partial charge on any atom is 0.164 e. The summed E-state index contributed by atoms with van der Waals surface area (Å²) in [4.78, 5) is 11.0. The third kappa shape index (κ3) is 2.73. The Morgan fingerprint density at radius 1 is 1.17 bits per heavy atom. The van der Waals surface area contributed by atoms with Gasteiger partial charge in [0.15, 0.2) is 17.9 Å². The van der Waals surface area contributed by atoms with Crippen LogP contribution >= 0.6 is 0 Å². The molecule has 0 bridgehead atoms. The molecular weight excluding hydrogens is 240 g/mol. The van der Waals surface area contributed by atoms with Crippen molar-refractivity contribution in [1.29, 1.82) is 0 Å². The molecular formula is C12H20O6. The third-order valence-corrected chi connectivity index (χ3v) is 3.05. The van der Waals surface area contributed by atoms with Crippen LogP contribution in [0.5, 0.6) is 0 Å². The first-order chi connectivity index (χ1) is 8.24. The minimum absolute atomic E-state index is 0.264. The van der Waals surface area contributed by atoms with Gasteiger partial charge in [0, 0.05) is 0 Å². The second kappa shape index (κ2) is 4.54. The molecule has 18 heavy (non-hydrogen) atoms. The van der Waals surface area contributed by atoms with Gasteiger partial charge in [0.1, 0.15) is 24.4 Å². The van der Waals surface area contributed by atoms with Crippen LogP contribution in [0.25, 0.3) is 0 Å². The molecule has 0 radical (unpaired) electrons. The number of ether oxygens (including phenoxy) is 4. The first-order valence-electron chi connectivity index (χ1n) is 6.05. The average molecular weight is 260 g/mol. The highest BCUT2D eigenvalue weighted by Gasteiger charge is 2.49. The molecule has 0 aliphatic carbocycles. The number of aldehydes is 1. The van der Waals surface area contributed by atoms with Crippen molar-refractivity contribution in [1.82, 2.24) is 0 Å². The van der Waals surface area contributed by atoms with Crippen LogP contribution in [0, 0.1) is 0 Å². The van der Waals surface area contributed by atoms with Gasteiger partial charge >= 0.3 is 0 Å². The minimum Gasteiger partial charge on any atom is -0.387 e. The lowest BCUT2D eigenvalue weighted by Gasteiger charge is -2.25. The van der Waals surface area contributed by atoms with Gasteiger partial charge in [0.25, 0.3) is 0 Å². The Bertz CT molecular complexity index is 327. The molecule has 2 fully saturated rings. The number of carbonyl (C=O) groups is 1. The number of carbonyl (C=O) groups excluding carboxylic acids is 1. The van der Waals surface area contributed by atoms with Crippen molar-refractivity contribution in [2.75, 3.05) is 6.61 Å². The first kappa shape index (κ1) is 13.9. The van der Waals surface area contributed by atoms with E-state index in [0.717, 1.165) is 0 Å². The minimum atomic E-state index is -0.969. The standard InChI is InChI=1S/C12H20O6/c1-11(2)15-6-8(17-11)9(14)10-7(5-13)16-12(3,4)18-10/h5,7-10,14H,6H2,1-4H3/t7-,8+,9-,10-/m1/s1. The van der Waals surface area contributed by atoms with E-state index in [1.165, 1.54) is 0 Å². The van der Waals surface area contributed by atoms with Crippen molar-refractivity contribution < 1.29 is 28.8 Å². The molecule has 2 aliphatic rings. The molecule has 104 valence electrons. The lowest BCUT2D eigenvalue weighted by atomic mass is 10.0. The van der Waals surface area contributed by atoms with E-state index in [-0.39, 0.29) is 6.61 Å². The Balaban J connectivity index is 2.05. The molecule has 2 rings (SSSR count). The molecule has 0 amide bonds. The SMILES string of the molecule is CC1(C)OC[C@@H]([C@@H](O)[C@@H]2OC(C)(C)O[C@@H]2C=O)O1. The molecule has 6 nitrogen and oxygen atoms in total. The fourth-order valence-corrected chi connectivity index (χ4v) is 2.28. The summed E-state index contributed by atoms with van der Waals surface area (Å²) < 4.78 is 21.9. The molecule has 2 aliphatic heterocycles. The van der Waals surface area contributed by atoms with Gasteiger partial charge in [-0.3, -0.25) is 0 Å². The summed E-state index contributed by atoms with van der Waals surface area (Å²) in [5, 5.41) is 10.2. The van der Waals surface area contributed by atoms with Gasteiger partial charge in [0.2, 0.25) is 0 Å². The summed E-state index contributed by atoms with van der Waals surface area (Å²) in [5.41, 5.74) is 0. The van der Waals surface area contributed by atoms with Gasteiger partial charge in [0.05, 0.1) is 6.61 Å². The largest absolute Gasteiger partial charge is 0.387 e. The molecule has 0 saturated carbocycles. The van der Waals surface area contributed by atoms with E-state index in [4.69, 9.17) is 18.9 Å². The zero-order chi connectivity index (χ0) is 13.6. The number of aliphatic hydroxyl groups excluding tert-OH is 1. The predicted molar refractivity (Wildman–Crippen MR) is 60.8 cm³/mol. The predicted octanol–water partition coefficient (Wildman–Crippen LogP) is 0.218. The van der Waals surface area contributed by atoms with Crippen LogP contribution in [0.4, 0.5) is 0 Å². The summed E-state index contributed by atoms with van der Waals surface area (Å²) in [6.45, 7) is 7.21. The lowest BCUT2D eigenvalue weighted by Crippen LogP contribution is -2.45. The quantitative estimate of drug-likeness (QED) is 0.732. The fourth-order valence-electron chi connectivity index (χ4n) is 2.28. The molecule has 2 saturated heterocycles. The first-order valence-corrected chi connectivity index (χ1v) is 6.05. The van der Waals surface area contributed by atoms with Crippen LogP contribution in [0.2, 0.25) is 0 Å². The molecule has 0 unspecified atom stereocenters. The van der Waals surface area contributed by atoms with Gasteiger partial charge < -0.3 is 28.8 Å². The molecule has 2 heterocycles. The number of rotatable bonds is 3.